The molecule has 1 aliphatic carbocycles. The summed E-state index contributed by atoms with van der Waals surface area (Å²) in [4.78, 5) is 11.6. The summed E-state index contributed by atoms with van der Waals surface area (Å²) in [7, 11) is -1.15. The summed E-state index contributed by atoms with van der Waals surface area (Å²) in [6.45, 7) is 11.2. The molecule has 0 aromatic heterocycles. The number of Topliss-reactive ketones (excluding diaryl/α,β-unsaturated/α-hetero) is 1. The first-order valence-electron chi connectivity index (χ1n) is 4.05. The van der Waals surface area contributed by atoms with Gasteiger partial charge in [-0.3, -0.25) is 9.00 Å². The Labute approximate surface area is 81.2 Å². The Morgan fingerprint density at radius 3 is 2.00 bits per heavy atom. The van der Waals surface area contributed by atoms with Crippen molar-refractivity contribution in [2.75, 3.05) is 6.26 Å². The minimum Gasteiger partial charge on any atom is -0.293 e. The average molecular weight is 198 g/mol. The highest BCUT2D eigenvalue weighted by Gasteiger charge is 2.48. The molecule has 0 N–H and O–H groups in total. The molecule has 0 amide bonds. The molecule has 0 heterocycles. The molecule has 1 fully saturated rings. The van der Waals surface area contributed by atoms with E-state index in [0.29, 0.717) is 5.57 Å². The fourth-order valence-electron chi connectivity index (χ4n) is 1.75. The maximum Gasteiger partial charge on any atom is 0.178 e. The van der Waals surface area contributed by atoms with Gasteiger partial charge in [-0.05, 0) is 5.57 Å². The van der Waals surface area contributed by atoms with Gasteiger partial charge in [0.15, 0.2) is 5.78 Å². The smallest absolute Gasteiger partial charge is 0.178 e. The van der Waals surface area contributed by atoms with E-state index in [-0.39, 0.29) is 5.78 Å². The lowest BCUT2D eigenvalue weighted by atomic mass is 9.87. The highest BCUT2D eigenvalue weighted by Crippen LogP contribution is 2.44. The minimum absolute atomic E-state index is 0.115. The zero-order valence-electron chi connectivity index (χ0n) is 8.22. The number of hydrogen-bond acceptors (Lipinski definition) is 2. The summed E-state index contributed by atoms with van der Waals surface area (Å²) in [5.41, 5.74) is 0.747. The summed E-state index contributed by atoms with van der Waals surface area (Å²) >= 11 is 0. The number of carbonyl (C=O) groups excluding carboxylic acids is 1. The standard InChI is InChI=1S/C10H14O2S/c1-6-7(2)10(3,4)9(8(6)11)13(5)12/h9H,1-2H2,3-5H3/t9-,13?/m0/s1. The molecule has 13 heavy (non-hydrogen) atoms. The molecular formula is C10H14O2S. The lowest BCUT2D eigenvalue weighted by Gasteiger charge is -2.24. The fraction of sp³-hybridized carbons (Fsp3) is 0.500. The van der Waals surface area contributed by atoms with Crippen LogP contribution >= 0.6 is 0 Å². The third kappa shape index (κ3) is 1.31. The van der Waals surface area contributed by atoms with Crippen molar-refractivity contribution < 1.29 is 9.00 Å². The number of carbonyl (C=O) groups is 1. The van der Waals surface area contributed by atoms with Gasteiger partial charge in [-0.25, -0.2) is 0 Å². The molecule has 1 saturated carbocycles. The van der Waals surface area contributed by atoms with Crippen molar-refractivity contribution in [1.29, 1.82) is 0 Å². The van der Waals surface area contributed by atoms with E-state index in [4.69, 9.17) is 0 Å². The van der Waals surface area contributed by atoms with Crippen LogP contribution in [0.2, 0.25) is 0 Å². The second-order valence-electron chi connectivity index (χ2n) is 3.92. The predicted octanol–water partition coefficient (Wildman–Crippen LogP) is 1.45. The van der Waals surface area contributed by atoms with Crippen molar-refractivity contribution in [3.8, 4) is 0 Å². The van der Waals surface area contributed by atoms with Gasteiger partial charge in [0.25, 0.3) is 0 Å². The average Bonchev–Trinajstić information content (AvgIpc) is 2.12. The van der Waals surface area contributed by atoms with Crippen molar-refractivity contribution in [1.82, 2.24) is 0 Å². The normalized spacial score (nSPS) is 29.5. The Balaban J connectivity index is 3.25. The molecule has 72 valence electrons. The molecular weight excluding hydrogens is 184 g/mol. The van der Waals surface area contributed by atoms with Crippen molar-refractivity contribution in [2.24, 2.45) is 5.41 Å². The zero-order chi connectivity index (χ0) is 10.4. The first-order chi connectivity index (χ1) is 5.80. The number of hydrogen-bond donors (Lipinski definition) is 0. The van der Waals surface area contributed by atoms with Crippen LogP contribution in [0.25, 0.3) is 0 Å². The Hall–Kier alpha value is -0.700. The summed E-state index contributed by atoms with van der Waals surface area (Å²) in [5.74, 6) is -0.115. The van der Waals surface area contributed by atoms with E-state index in [1.807, 2.05) is 13.8 Å². The molecule has 0 saturated heterocycles. The van der Waals surface area contributed by atoms with Gasteiger partial charge in [0, 0.05) is 28.0 Å². The van der Waals surface area contributed by atoms with Gasteiger partial charge in [0.2, 0.25) is 0 Å². The van der Waals surface area contributed by atoms with Crippen LogP contribution in [0.15, 0.2) is 24.3 Å². The first-order valence-corrected chi connectivity index (χ1v) is 5.67. The quantitative estimate of drug-likeness (QED) is 0.598. The van der Waals surface area contributed by atoms with E-state index in [9.17, 15) is 9.00 Å². The van der Waals surface area contributed by atoms with Crippen LogP contribution in [0.4, 0.5) is 0 Å². The highest BCUT2D eigenvalue weighted by atomic mass is 32.2. The van der Waals surface area contributed by atoms with Gasteiger partial charge >= 0.3 is 0 Å². The van der Waals surface area contributed by atoms with Crippen LogP contribution in [-0.2, 0) is 15.6 Å². The van der Waals surface area contributed by atoms with Crippen LogP contribution in [0.3, 0.4) is 0 Å². The van der Waals surface area contributed by atoms with Gasteiger partial charge in [-0.15, -0.1) is 0 Å². The Kier molecular flexibility index (Phi) is 2.32. The van der Waals surface area contributed by atoms with E-state index in [1.165, 1.54) is 0 Å². The Morgan fingerprint density at radius 2 is 1.85 bits per heavy atom. The van der Waals surface area contributed by atoms with Crippen LogP contribution in [0, 0.1) is 5.41 Å². The van der Waals surface area contributed by atoms with E-state index in [1.54, 1.807) is 6.26 Å². The zero-order valence-corrected chi connectivity index (χ0v) is 9.03. The number of rotatable bonds is 1. The van der Waals surface area contributed by atoms with E-state index in [0.717, 1.165) is 5.57 Å². The molecule has 0 aliphatic heterocycles. The summed E-state index contributed by atoms with van der Waals surface area (Å²) < 4.78 is 11.4. The van der Waals surface area contributed by atoms with Crippen molar-refractivity contribution >= 4 is 16.6 Å². The van der Waals surface area contributed by atoms with Crippen molar-refractivity contribution in [3.63, 3.8) is 0 Å². The van der Waals surface area contributed by atoms with Gasteiger partial charge < -0.3 is 0 Å². The van der Waals surface area contributed by atoms with Gasteiger partial charge in [0.05, 0.1) is 0 Å². The Bertz CT molecular complexity index is 326. The number of allylic oxidation sites excluding steroid dienone is 2. The van der Waals surface area contributed by atoms with Crippen LogP contribution in [0.1, 0.15) is 13.8 Å². The van der Waals surface area contributed by atoms with Crippen molar-refractivity contribution in [3.05, 3.63) is 24.3 Å². The molecule has 0 radical (unpaired) electrons. The summed E-state index contributed by atoms with van der Waals surface area (Å²) in [5, 5.41) is -0.465. The second-order valence-corrected chi connectivity index (χ2v) is 5.39. The molecule has 1 rings (SSSR count). The summed E-state index contributed by atoms with van der Waals surface area (Å²) in [6, 6.07) is 0. The molecule has 0 aromatic carbocycles. The summed E-state index contributed by atoms with van der Waals surface area (Å²) in [6.07, 6.45) is 1.55. The molecule has 0 aromatic rings. The molecule has 0 spiro atoms. The first kappa shape index (κ1) is 10.4. The topological polar surface area (TPSA) is 34.1 Å². The van der Waals surface area contributed by atoms with Crippen LogP contribution in [0.5, 0.6) is 0 Å². The Morgan fingerprint density at radius 1 is 1.38 bits per heavy atom. The lowest BCUT2D eigenvalue weighted by molar-refractivity contribution is -0.114. The maximum atomic E-state index is 11.6. The third-order valence-corrected chi connectivity index (χ3v) is 4.13. The maximum absolute atomic E-state index is 11.6. The molecule has 0 bridgehead atoms. The number of ketones is 1. The van der Waals surface area contributed by atoms with E-state index in [2.05, 4.69) is 13.2 Å². The molecule has 1 unspecified atom stereocenters. The van der Waals surface area contributed by atoms with E-state index >= 15 is 0 Å². The molecule has 3 heteroatoms. The lowest BCUT2D eigenvalue weighted by Crippen LogP contribution is -2.32. The molecule has 1 aliphatic rings. The fourth-order valence-corrected chi connectivity index (χ4v) is 3.16. The highest BCUT2D eigenvalue weighted by molar-refractivity contribution is 7.85. The van der Waals surface area contributed by atoms with Gasteiger partial charge in [-0.1, -0.05) is 27.0 Å². The largest absolute Gasteiger partial charge is 0.293 e. The van der Waals surface area contributed by atoms with Crippen LogP contribution in [-0.4, -0.2) is 21.5 Å². The molecule has 2 nitrogen and oxygen atoms in total. The third-order valence-electron chi connectivity index (χ3n) is 2.67. The van der Waals surface area contributed by atoms with Crippen LogP contribution < -0.4 is 0 Å². The molecule has 2 atom stereocenters. The predicted molar refractivity (Wildman–Crippen MR) is 54.9 cm³/mol. The van der Waals surface area contributed by atoms with Crippen molar-refractivity contribution in [2.45, 2.75) is 19.1 Å². The second kappa shape index (κ2) is 2.91. The van der Waals surface area contributed by atoms with E-state index < -0.39 is 21.5 Å². The minimum atomic E-state index is -1.15. The monoisotopic (exact) mass is 198 g/mol. The van der Waals surface area contributed by atoms with Gasteiger partial charge in [-0.2, -0.15) is 0 Å². The SMILES string of the molecule is C=C1C(=C)C(C)(C)[C@@H](S(C)=O)C1=O. The van der Waals surface area contributed by atoms with Gasteiger partial charge in [0.1, 0.15) is 5.25 Å².